The van der Waals surface area contributed by atoms with Crippen LogP contribution in [-0.4, -0.2) is 32.3 Å². The molecule has 0 radical (unpaired) electrons. The zero-order valence-corrected chi connectivity index (χ0v) is 9.43. The van der Waals surface area contributed by atoms with Gasteiger partial charge in [-0.05, 0) is 30.8 Å². The molecule has 1 saturated heterocycles. The van der Waals surface area contributed by atoms with Crippen molar-refractivity contribution in [1.29, 1.82) is 0 Å². The molecule has 1 N–H and O–H groups in total. The van der Waals surface area contributed by atoms with Gasteiger partial charge in [0.25, 0.3) is 0 Å². The molecule has 0 aromatic heterocycles. The SMILES string of the molecule is C=CC(=O)NCC1(CF)CC12CCOCC2. The van der Waals surface area contributed by atoms with Crippen molar-refractivity contribution >= 4 is 5.91 Å². The van der Waals surface area contributed by atoms with Crippen molar-refractivity contribution in [3.63, 3.8) is 0 Å². The lowest BCUT2D eigenvalue weighted by molar-refractivity contribution is -0.116. The van der Waals surface area contributed by atoms with Gasteiger partial charge in [0.2, 0.25) is 5.91 Å². The van der Waals surface area contributed by atoms with Crippen LogP contribution >= 0.6 is 0 Å². The minimum Gasteiger partial charge on any atom is -0.381 e. The monoisotopic (exact) mass is 227 g/mol. The predicted molar refractivity (Wildman–Crippen MR) is 58.7 cm³/mol. The Morgan fingerprint density at radius 3 is 2.75 bits per heavy atom. The molecule has 1 heterocycles. The summed E-state index contributed by atoms with van der Waals surface area (Å²) in [5.41, 5.74) is -0.260. The summed E-state index contributed by atoms with van der Waals surface area (Å²) in [6.07, 6.45) is 3.93. The molecule has 0 bridgehead atoms. The van der Waals surface area contributed by atoms with Gasteiger partial charge in [-0.15, -0.1) is 0 Å². The largest absolute Gasteiger partial charge is 0.381 e. The van der Waals surface area contributed by atoms with E-state index in [0.717, 1.165) is 32.5 Å². The fraction of sp³-hybridized carbons (Fsp3) is 0.750. The van der Waals surface area contributed by atoms with E-state index in [-0.39, 0.29) is 23.4 Å². The third-order valence-corrected chi connectivity index (χ3v) is 4.17. The van der Waals surface area contributed by atoms with Crippen molar-refractivity contribution in [1.82, 2.24) is 5.32 Å². The molecule has 16 heavy (non-hydrogen) atoms. The van der Waals surface area contributed by atoms with Crippen molar-refractivity contribution in [3.05, 3.63) is 12.7 Å². The molecule has 4 heteroatoms. The van der Waals surface area contributed by atoms with Gasteiger partial charge in [0.1, 0.15) is 0 Å². The van der Waals surface area contributed by atoms with Crippen molar-refractivity contribution < 1.29 is 13.9 Å². The maximum Gasteiger partial charge on any atom is 0.243 e. The van der Waals surface area contributed by atoms with Crippen LogP contribution in [0.5, 0.6) is 0 Å². The number of hydrogen-bond acceptors (Lipinski definition) is 2. The summed E-state index contributed by atoms with van der Waals surface area (Å²) >= 11 is 0. The molecule has 1 spiro atoms. The number of alkyl halides is 1. The van der Waals surface area contributed by atoms with Crippen LogP contribution in [0.4, 0.5) is 4.39 Å². The number of carbonyl (C=O) groups excluding carboxylic acids is 1. The Morgan fingerprint density at radius 2 is 2.19 bits per heavy atom. The highest BCUT2D eigenvalue weighted by molar-refractivity contribution is 5.86. The second-order valence-electron chi connectivity index (χ2n) is 4.91. The average Bonchev–Trinajstić information content (AvgIpc) is 2.94. The fourth-order valence-electron chi connectivity index (χ4n) is 2.89. The van der Waals surface area contributed by atoms with Gasteiger partial charge in [0.15, 0.2) is 0 Å². The second-order valence-corrected chi connectivity index (χ2v) is 4.91. The van der Waals surface area contributed by atoms with Gasteiger partial charge in [-0.25, -0.2) is 0 Å². The van der Waals surface area contributed by atoms with E-state index in [0.29, 0.717) is 6.54 Å². The second kappa shape index (κ2) is 4.17. The molecule has 0 aromatic rings. The Morgan fingerprint density at radius 1 is 1.50 bits per heavy atom. The number of carbonyl (C=O) groups is 1. The summed E-state index contributed by atoms with van der Waals surface area (Å²) in [5, 5.41) is 2.72. The van der Waals surface area contributed by atoms with Crippen LogP contribution in [0.15, 0.2) is 12.7 Å². The summed E-state index contributed by atoms with van der Waals surface area (Å²) in [6.45, 7) is 4.89. The number of amides is 1. The first-order valence-electron chi connectivity index (χ1n) is 5.72. The number of rotatable bonds is 4. The standard InChI is InChI=1S/C12H18FNO2/c1-2-10(15)14-9-12(8-13)7-11(12)3-5-16-6-4-11/h2H,1,3-9H2,(H,14,15). The third kappa shape index (κ3) is 1.75. The summed E-state index contributed by atoms with van der Waals surface area (Å²) in [6, 6.07) is 0. The zero-order chi connectivity index (χ0) is 11.6. The number of halogens is 1. The molecule has 1 aliphatic heterocycles. The number of nitrogens with one attached hydrogen (secondary N) is 1. The topological polar surface area (TPSA) is 38.3 Å². The van der Waals surface area contributed by atoms with Gasteiger partial charge in [0.05, 0.1) is 6.67 Å². The van der Waals surface area contributed by atoms with Gasteiger partial charge in [-0.3, -0.25) is 9.18 Å². The quantitative estimate of drug-likeness (QED) is 0.738. The lowest BCUT2D eigenvalue weighted by atomic mass is 9.86. The first-order valence-corrected chi connectivity index (χ1v) is 5.72. The van der Waals surface area contributed by atoms with E-state index in [1.54, 1.807) is 0 Å². The molecule has 1 aliphatic carbocycles. The van der Waals surface area contributed by atoms with Crippen LogP contribution in [-0.2, 0) is 9.53 Å². The molecular formula is C12H18FNO2. The summed E-state index contributed by atoms with van der Waals surface area (Å²) in [4.78, 5) is 11.1. The van der Waals surface area contributed by atoms with E-state index in [1.165, 1.54) is 6.08 Å². The molecule has 1 atom stereocenters. The van der Waals surface area contributed by atoms with Gasteiger partial charge < -0.3 is 10.1 Å². The number of ether oxygens (including phenoxy) is 1. The van der Waals surface area contributed by atoms with Crippen molar-refractivity contribution in [2.24, 2.45) is 10.8 Å². The third-order valence-electron chi connectivity index (χ3n) is 4.17. The van der Waals surface area contributed by atoms with Crippen LogP contribution < -0.4 is 5.32 Å². The molecule has 1 amide bonds. The van der Waals surface area contributed by atoms with E-state index in [2.05, 4.69) is 11.9 Å². The Hall–Kier alpha value is -0.900. The highest BCUT2D eigenvalue weighted by Gasteiger charge is 2.66. The zero-order valence-electron chi connectivity index (χ0n) is 9.43. The van der Waals surface area contributed by atoms with Crippen molar-refractivity contribution in [2.75, 3.05) is 26.4 Å². The molecule has 3 nitrogen and oxygen atoms in total. The van der Waals surface area contributed by atoms with Gasteiger partial charge >= 0.3 is 0 Å². The van der Waals surface area contributed by atoms with E-state index in [9.17, 15) is 9.18 Å². The summed E-state index contributed by atoms with van der Waals surface area (Å²) in [7, 11) is 0. The average molecular weight is 227 g/mol. The highest BCUT2D eigenvalue weighted by Crippen LogP contribution is 2.68. The molecule has 90 valence electrons. The van der Waals surface area contributed by atoms with Crippen LogP contribution in [0.3, 0.4) is 0 Å². The van der Waals surface area contributed by atoms with E-state index < -0.39 is 0 Å². The van der Waals surface area contributed by atoms with E-state index in [1.807, 2.05) is 0 Å². The maximum absolute atomic E-state index is 13.2. The predicted octanol–water partition coefficient (Wildman–Crippen LogP) is 1.45. The van der Waals surface area contributed by atoms with Gasteiger partial charge in [-0.1, -0.05) is 6.58 Å². The van der Waals surface area contributed by atoms with Gasteiger partial charge in [-0.2, -0.15) is 0 Å². The Labute approximate surface area is 95.0 Å². The minimum absolute atomic E-state index is 0.0778. The van der Waals surface area contributed by atoms with Crippen LogP contribution in [0.25, 0.3) is 0 Å². The molecule has 2 rings (SSSR count). The molecule has 1 saturated carbocycles. The Kier molecular flexibility index (Phi) is 3.02. The maximum atomic E-state index is 13.2. The van der Waals surface area contributed by atoms with Crippen LogP contribution in [0.1, 0.15) is 19.3 Å². The molecule has 0 aromatic carbocycles. The van der Waals surface area contributed by atoms with E-state index >= 15 is 0 Å². The molecular weight excluding hydrogens is 209 g/mol. The van der Waals surface area contributed by atoms with Gasteiger partial charge in [0, 0.05) is 25.2 Å². The van der Waals surface area contributed by atoms with E-state index in [4.69, 9.17) is 4.74 Å². The number of hydrogen-bond donors (Lipinski definition) is 1. The van der Waals surface area contributed by atoms with Crippen LogP contribution in [0, 0.1) is 10.8 Å². The van der Waals surface area contributed by atoms with Crippen LogP contribution in [0.2, 0.25) is 0 Å². The Balaban J connectivity index is 1.95. The smallest absolute Gasteiger partial charge is 0.243 e. The lowest BCUT2D eigenvalue weighted by Gasteiger charge is -2.27. The van der Waals surface area contributed by atoms with Crippen molar-refractivity contribution in [2.45, 2.75) is 19.3 Å². The lowest BCUT2D eigenvalue weighted by Crippen LogP contribution is -2.35. The highest BCUT2D eigenvalue weighted by atomic mass is 19.1. The Bertz CT molecular complexity index is 299. The molecule has 2 fully saturated rings. The fourth-order valence-corrected chi connectivity index (χ4v) is 2.89. The molecule has 1 unspecified atom stereocenters. The normalized spacial score (nSPS) is 31.1. The minimum atomic E-state index is -0.357. The summed E-state index contributed by atoms with van der Waals surface area (Å²) in [5.74, 6) is -0.220. The first kappa shape index (κ1) is 11.6. The molecule has 2 aliphatic rings. The first-order chi connectivity index (χ1) is 7.68. The van der Waals surface area contributed by atoms with Crippen molar-refractivity contribution in [3.8, 4) is 0 Å². The summed E-state index contributed by atoms with van der Waals surface area (Å²) < 4.78 is 18.5.